The molecule has 3 rings (SSSR count). The van der Waals surface area contributed by atoms with Crippen molar-refractivity contribution in [1.29, 1.82) is 0 Å². The van der Waals surface area contributed by atoms with Gasteiger partial charge in [-0.3, -0.25) is 4.90 Å². The van der Waals surface area contributed by atoms with Gasteiger partial charge in [0, 0.05) is 26.2 Å². The monoisotopic (exact) mass is 346 g/mol. The predicted octanol–water partition coefficient (Wildman–Crippen LogP) is 3.46. The van der Waals surface area contributed by atoms with Crippen LogP contribution >= 0.6 is 34.5 Å². The van der Waals surface area contributed by atoms with Crippen LogP contribution in [-0.2, 0) is 0 Å². The van der Waals surface area contributed by atoms with Crippen molar-refractivity contribution in [2.24, 2.45) is 0 Å². The maximum atomic E-state index is 6.14. The summed E-state index contributed by atoms with van der Waals surface area (Å²) in [7, 11) is 0. The van der Waals surface area contributed by atoms with E-state index in [1.165, 1.54) is 11.3 Å². The highest BCUT2D eigenvalue weighted by molar-refractivity contribution is 7.20. The van der Waals surface area contributed by atoms with Gasteiger partial charge in [-0.1, -0.05) is 35.3 Å². The molecule has 0 amide bonds. The minimum atomic E-state index is 0.178. The Morgan fingerprint density at radius 1 is 1.43 bits per heavy atom. The zero-order valence-corrected chi connectivity index (χ0v) is 13.9. The van der Waals surface area contributed by atoms with Crippen molar-refractivity contribution >= 4 is 34.5 Å². The summed E-state index contributed by atoms with van der Waals surface area (Å²) < 4.78 is 6.57. The largest absolute Gasteiger partial charge is 0.334 e. The number of piperazine rings is 1. The molecule has 5 nitrogen and oxygen atoms in total. The molecule has 0 spiro atoms. The van der Waals surface area contributed by atoms with Gasteiger partial charge in [-0.05, 0) is 12.5 Å². The second-order valence-electron chi connectivity index (χ2n) is 4.91. The maximum Gasteiger partial charge on any atom is 0.260 e. The van der Waals surface area contributed by atoms with Gasteiger partial charge in [0.2, 0.25) is 0 Å². The van der Waals surface area contributed by atoms with Crippen LogP contribution in [-0.4, -0.2) is 41.2 Å². The number of hydrogen-bond donors (Lipinski definition) is 1. The number of nitrogens with one attached hydrogen (secondary N) is 1. The van der Waals surface area contributed by atoms with Gasteiger partial charge in [0.1, 0.15) is 4.34 Å². The highest BCUT2D eigenvalue weighted by atomic mass is 35.5. The van der Waals surface area contributed by atoms with Gasteiger partial charge in [0.05, 0.1) is 15.9 Å². The third-order valence-corrected chi connectivity index (χ3v) is 5.09. The van der Waals surface area contributed by atoms with Gasteiger partial charge in [-0.25, -0.2) is 0 Å². The normalized spacial score (nSPS) is 18.0. The van der Waals surface area contributed by atoms with E-state index in [2.05, 4.69) is 27.3 Å². The highest BCUT2D eigenvalue weighted by Gasteiger charge is 2.26. The Morgan fingerprint density at radius 2 is 2.19 bits per heavy atom. The molecule has 0 bridgehead atoms. The summed E-state index contributed by atoms with van der Waals surface area (Å²) in [5.41, 5.74) is 0.709. The first kappa shape index (κ1) is 15.2. The fourth-order valence-corrected chi connectivity index (χ4v) is 4.01. The second kappa shape index (κ2) is 6.62. The lowest BCUT2D eigenvalue weighted by atomic mass is 10.1. The zero-order chi connectivity index (χ0) is 14.8. The number of halogens is 2. The molecule has 0 aromatic carbocycles. The van der Waals surface area contributed by atoms with Crippen molar-refractivity contribution in [3.8, 4) is 11.5 Å². The number of thiophene rings is 1. The Bertz CT molecular complexity index is 609. The van der Waals surface area contributed by atoms with Gasteiger partial charge in [-0.2, -0.15) is 4.98 Å². The van der Waals surface area contributed by atoms with Gasteiger partial charge in [0.15, 0.2) is 5.82 Å². The second-order valence-corrected chi connectivity index (χ2v) is 7.19. The van der Waals surface area contributed by atoms with Crippen LogP contribution in [0.1, 0.15) is 25.2 Å². The fraction of sp³-hybridized carbons (Fsp3) is 0.538. The first-order valence-electron chi connectivity index (χ1n) is 6.92. The lowest BCUT2D eigenvalue weighted by molar-refractivity contribution is 0.160. The standard InChI is InChI=1S/C13H16Cl2N4OS/c1-2-9(19-5-3-16-4-6-19)12-17-13(20-18-12)8-7-10(14)21-11(8)15/h7,9,16H,2-6H2,1H3. The molecule has 1 N–H and O–H groups in total. The molecule has 8 heteroatoms. The first-order chi connectivity index (χ1) is 10.2. The van der Waals surface area contributed by atoms with E-state index in [1.807, 2.05) is 0 Å². The first-order valence-corrected chi connectivity index (χ1v) is 8.50. The van der Waals surface area contributed by atoms with Crippen molar-refractivity contribution in [1.82, 2.24) is 20.4 Å². The third-order valence-electron chi connectivity index (χ3n) is 3.61. The topological polar surface area (TPSA) is 54.2 Å². The molecule has 0 radical (unpaired) electrons. The predicted molar refractivity (Wildman–Crippen MR) is 85.1 cm³/mol. The molecule has 1 aliphatic heterocycles. The molecule has 3 heterocycles. The average Bonchev–Trinajstić information content (AvgIpc) is 3.08. The number of hydrogen-bond acceptors (Lipinski definition) is 6. The summed E-state index contributed by atoms with van der Waals surface area (Å²) in [4.78, 5) is 6.91. The smallest absolute Gasteiger partial charge is 0.260 e. The Hall–Kier alpha value is -0.660. The van der Waals surface area contributed by atoms with Crippen molar-refractivity contribution in [2.45, 2.75) is 19.4 Å². The Morgan fingerprint density at radius 3 is 2.81 bits per heavy atom. The summed E-state index contributed by atoms with van der Waals surface area (Å²) in [5.74, 6) is 1.15. The molecule has 21 heavy (non-hydrogen) atoms. The van der Waals surface area contributed by atoms with Crippen LogP contribution in [0.5, 0.6) is 0 Å². The average molecular weight is 347 g/mol. The van der Waals surface area contributed by atoms with E-state index in [0.717, 1.165) is 32.6 Å². The van der Waals surface area contributed by atoms with E-state index in [0.29, 0.717) is 26.0 Å². The summed E-state index contributed by atoms with van der Waals surface area (Å²) in [6.07, 6.45) is 0.942. The van der Waals surface area contributed by atoms with Crippen LogP contribution in [0, 0.1) is 0 Å². The van der Waals surface area contributed by atoms with Crippen LogP contribution in [0.4, 0.5) is 0 Å². The summed E-state index contributed by atoms with van der Waals surface area (Å²) in [6, 6.07) is 1.94. The number of aromatic nitrogens is 2. The van der Waals surface area contributed by atoms with Gasteiger partial charge in [0.25, 0.3) is 5.89 Å². The molecule has 2 aromatic heterocycles. The summed E-state index contributed by atoms with van der Waals surface area (Å²) in [6.45, 7) is 6.11. The SMILES string of the molecule is CCC(c1noc(-c2cc(Cl)sc2Cl)n1)N1CCNCC1. The van der Waals surface area contributed by atoms with Crippen LogP contribution in [0.2, 0.25) is 8.67 Å². The molecule has 0 saturated carbocycles. The molecule has 1 atom stereocenters. The minimum Gasteiger partial charge on any atom is -0.334 e. The molecule has 1 aliphatic rings. The van der Waals surface area contributed by atoms with Crippen LogP contribution < -0.4 is 5.32 Å². The maximum absolute atomic E-state index is 6.14. The molecule has 2 aromatic rings. The molecular weight excluding hydrogens is 331 g/mol. The quantitative estimate of drug-likeness (QED) is 0.918. The number of rotatable bonds is 4. The van der Waals surface area contributed by atoms with E-state index < -0.39 is 0 Å². The molecule has 1 fully saturated rings. The number of nitrogens with zero attached hydrogens (tertiary/aromatic N) is 3. The van der Waals surface area contributed by atoms with Crippen LogP contribution in [0.15, 0.2) is 10.6 Å². The van der Waals surface area contributed by atoms with E-state index in [4.69, 9.17) is 27.7 Å². The molecule has 0 aliphatic carbocycles. The van der Waals surface area contributed by atoms with E-state index in [1.54, 1.807) is 6.07 Å². The highest BCUT2D eigenvalue weighted by Crippen LogP contribution is 2.38. The molecule has 1 saturated heterocycles. The minimum absolute atomic E-state index is 0.178. The van der Waals surface area contributed by atoms with Gasteiger partial charge >= 0.3 is 0 Å². The van der Waals surface area contributed by atoms with Crippen molar-refractivity contribution in [3.63, 3.8) is 0 Å². The van der Waals surface area contributed by atoms with Crippen LogP contribution in [0.25, 0.3) is 11.5 Å². The van der Waals surface area contributed by atoms with E-state index in [-0.39, 0.29) is 6.04 Å². The zero-order valence-electron chi connectivity index (χ0n) is 11.6. The van der Waals surface area contributed by atoms with Crippen molar-refractivity contribution in [3.05, 3.63) is 20.6 Å². The molecular formula is C13H16Cl2N4OS. The Balaban J connectivity index is 1.84. The molecule has 114 valence electrons. The Kier molecular flexibility index (Phi) is 4.81. The van der Waals surface area contributed by atoms with Gasteiger partial charge < -0.3 is 9.84 Å². The van der Waals surface area contributed by atoms with Crippen LogP contribution in [0.3, 0.4) is 0 Å². The fourth-order valence-electron chi connectivity index (χ4n) is 2.56. The lowest BCUT2D eigenvalue weighted by Crippen LogP contribution is -2.45. The van der Waals surface area contributed by atoms with Gasteiger partial charge in [-0.15, -0.1) is 11.3 Å². The third kappa shape index (κ3) is 3.24. The Labute approximate surface area is 137 Å². The van der Waals surface area contributed by atoms with Crippen molar-refractivity contribution in [2.75, 3.05) is 26.2 Å². The van der Waals surface area contributed by atoms with E-state index >= 15 is 0 Å². The van der Waals surface area contributed by atoms with Crippen molar-refractivity contribution < 1.29 is 4.52 Å². The molecule has 1 unspecified atom stereocenters. The summed E-state index contributed by atoms with van der Waals surface area (Å²) in [5, 5.41) is 7.49. The lowest BCUT2D eigenvalue weighted by Gasteiger charge is -2.32. The van der Waals surface area contributed by atoms with E-state index in [9.17, 15) is 0 Å². The summed E-state index contributed by atoms with van der Waals surface area (Å²) >= 11 is 13.4.